The van der Waals surface area contributed by atoms with Crippen LogP contribution in [0.25, 0.3) is 0 Å². The minimum atomic E-state index is -0.122. The molecule has 0 aromatic carbocycles. The average molecular weight is 197 g/mol. The molecule has 0 bridgehead atoms. The highest BCUT2D eigenvalue weighted by Crippen LogP contribution is 2.00. The van der Waals surface area contributed by atoms with Gasteiger partial charge in [0.05, 0.1) is 12.7 Å². The molecular weight excluding hydrogens is 182 g/mol. The Morgan fingerprint density at radius 1 is 1.71 bits per heavy atom. The summed E-state index contributed by atoms with van der Waals surface area (Å²) in [6.07, 6.45) is 1.63. The lowest BCUT2D eigenvalue weighted by Gasteiger charge is -2.14. The van der Waals surface area contributed by atoms with E-state index in [4.69, 9.17) is 4.42 Å². The molecule has 78 valence electrons. The molecule has 2 amide bonds. The molecule has 0 aliphatic rings. The molecule has 0 aliphatic heterocycles. The lowest BCUT2D eigenvalue weighted by atomic mass is 10.6. The molecule has 1 N–H and O–H groups in total. The molecule has 0 atom stereocenters. The third kappa shape index (κ3) is 2.76. The van der Waals surface area contributed by atoms with E-state index in [0.717, 1.165) is 5.76 Å². The lowest BCUT2D eigenvalue weighted by molar-refractivity contribution is 0.209. The first-order chi connectivity index (χ1) is 6.63. The first-order valence-electron chi connectivity index (χ1n) is 4.53. The number of aryl methyl sites for hydroxylation is 1. The molecule has 1 rings (SSSR count). The Morgan fingerprint density at radius 2 is 2.43 bits per heavy atom. The third-order valence-corrected chi connectivity index (χ3v) is 1.88. The van der Waals surface area contributed by atoms with Crippen LogP contribution in [0.2, 0.25) is 0 Å². The van der Waals surface area contributed by atoms with Gasteiger partial charge in [0, 0.05) is 13.6 Å². The summed E-state index contributed by atoms with van der Waals surface area (Å²) in [5.41, 5.74) is 0. The zero-order valence-electron chi connectivity index (χ0n) is 8.70. The van der Waals surface area contributed by atoms with Crippen LogP contribution in [0.3, 0.4) is 0 Å². The Balaban J connectivity index is 2.37. The highest BCUT2D eigenvalue weighted by atomic mass is 16.4. The molecule has 5 nitrogen and oxygen atoms in total. The van der Waals surface area contributed by atoms with E-state index >= 15 is 0 Å². The van der Waals surface area contributed by atoms with Gasteiger partial charge in [-0.15, -0.1) is 0 Å². The average Bonchev–Trinajstić information content (AvgIpc) is 2.59. The van der Waals surface area contributed by atoms with Gasteiger partial charge in [-0.3, -0.25) is 0 Å². The van der Waals surface area contributed by atoms with Crippen LogP contribution in [0.4, 0.5) is 4.79 Å². The number of nitrogens with one attached hydrogen (secondary N) is 1. The van der Waals surface area contributed by atoms with Gasteiger partial charge in [0.2, 0.25) is 5.89 Å². The first-order valence-corrected chi connectivity index (χ1v) is 4.53. The van der Waals surface area contributed by atoms with Gasteiger partial charge in [0.25, 0.3) is 0 Å². The summed E-state index contributed by atoms with van der Waals surface area (Å²) >= 11 is 0. The number of oxazole rings is 1. The minimum Gasteiger partial charge on any atom is -0.444 e. The van der Waals surface area contributed by atoms with E-state index in [9.17, 15) is 4.79 Å². The van der Waals surface area contributed by atoms with Crippen molar-refractivity contribution in [3.63, 3.8) is 0 Å². The summed E-state index contributed by atoms with van der Waals surface area (Å²) < 4.78 is 5.20. The Hall–Kier alpha value is -1.52. The third-order valence-electron chi connectivity index (χ3n) is 1.88. The zero-order chi connectivity index (χ0) is 10.6. The number of urea groups is 1. The second-order valence-corrected chi connectivity index (χ2v) is 3.04. The molecule has 1 heterocycles. The Bertz CT molecular complexity index is 309. The number of hydrogen-bond acceptors (Lipinski definition) is 3. The van der Waals surface area contributed by atoms with Crippen molar-refractivity contribution in [2.24, 2.45) is 0 Å². The molecule has 0 saturated heterocycles. The highest BCUT2D eigenvalue weighted by molar-refractivity contribution is 5.73. The quantitative estimate of drug-likeness (QED) is 0.790. The van der Waals surface area contributed by atoms with Gasteiger partial charge in [-0.05, 0) is 13.8 Å². The largest absolute Gasteiger partial charge is 0.444 e. The lowest BCUT2D eigenvalue weighted by Crippen LogP contribution is -2.36. The SMILES string of the molecule is CCN(C)C(=O)NCc1ncc(C)o1. The first kappa shape index (κ1) is 10.6. The van der Waals surface area contributed by atoms with Crippen molar-refractivity contribution in [2.75, 3.05) is 13.6 Å². The van der Waals surface area contributed by atoms with Gasteiger partial charge in [-0.25, -0.2) is 9.78 Å². The van der Waals surface area contributed by atoms with Crippen LogP contribution in [0, 0.1) is 6.92 Å². The van der Waals surface area contributed by atoms with Crippen molar-refractivity contribution < 1.29 is 9.21 Å². The molecule has 0 spiro atoms. The van der Waals surface area contributed by atoms with E-state index < -0.39 is 0 Å². The number of amides is 2. The molecule has 5 heteroatoms. The summed E-state index contributed by atoms with van der Waals surface area (Å²) in [6, 6.07) is -0.122. The van der Waals surface area contributed by atoms with Crippen LogP contribution in [-0.2, 0) is 6.54 Å². The molecule has 0 aliphatic carbocycles. The Kier molecular flexibility index (Phi) is 3.50. The van der Waals surface area contributed by atoms with Gasteiger partial charge in [-0.2, -0.15) is 0 Å². The monoisotopic (exact) mass is 197 g/mol. The second kappa shape index (κ2) is 4.64. The summed E-state index contributed by atoms with van der Waals surface area (Å²) in [6.45, 7) is 4.73. The molecule has 0 radical (unpaired) electrons. The van der Waals surface area contributed by atoms with E-state index in [0.29, 0.717) is 19.0 Å². The summed E-state index contributed by atoms with van der Waals surface area (Å²) in [5, 5.41) is 2.69. The predicted molar refractivity (Wildman–Crippen MR) is 51.8 cm³/mol. The van der Waals surface area contributed by atoms with Crippen LogP contribution in [0.1, 0.15) is 18.6 Å². The maximum absolute atomic E-state index is 11.3. The van der Waals surface area contributed by atoms with Gasteiger partial charge >= 0.3 is 6.03 Å². The number of aromatic nitrogens is 1. The van der Waals surface area contributed by atoms with Gasteiger partial charge in [0.1, 0.15) is 5.76 Å². The van der Waals surface area contributed by atoms with Crippen LogP contribution < -0.4 is 5.32 Å². The van der Waals surface area contributed by atoms with Crippen LogP contribution >= 0.6 is 0 Å². The summed E-state index contributed by atoms with van der Waals surface area (Å²) in [5.74, 6) is 1.28. The maximum atomic E-state index is 11.3. The normalized spacial score (nSPS) is 9.93. The van der Waals surface area contributed by atoms with Crippen molar-refractivity contribution >= 4 is 6.03 Å². The molecule has 0 unspecified atom stereocenters. The zero-order valence-corrected chi connectivity index (χ0v) is 8.70. The van der Waals surface area contributed by atoms with E-state index in [1.807, 2.05) is 13.8 Å². The smallest absolute Gasteiger partial charge is 0.317 e. The fourth-order valence-electron chi connectivity index (χ4n) is 0.913. The van der Waals surface area contributed by atoms with Gasteiger partial charge in [-0.1, -0.05) is 0 Å². The molecule has 1 aromatic heterocycles. The Morgan fingerprint density at radius 3 is 2.93 bits per heavy atom. The number of rotatable bonds is 3. The number of carbonyl (C=O) groups excluding carboxylic acids is 1. The minimum absolute atomic E-state index is 0.122. The summed E-state index contributed by atoms with van der Waals surface area (Å²) in [7, 11) is 1.73. The maximum Gasteiger partial charge on any atom is 0.317 e. The Labute approximate surface area is 83.1 Å². The summed E-state index contributed by atoms with van der Waals surface area (Å²) in [4.78, 5) is 16.9. The number of nitrogens with zero attached hydrogens (tertiary/aromatic N) is 2. The second-order valence-electron chi connectivity index (χ2n) is 3.04. The van der Waals surface area contributed by atoms with Crippen molar-refractivity contribution in [3.8, 4) is 0 Å². The standard InChI is InChI=1S/C9H15N3O2/c1-4-12(3)9(13)11-6-8-10-5-7(2)14-8/h5H,4,6H2,1-3H3,(H,11,13). The molecular formula is C9H15N3O2. The van der Waals surface area contributed by atoms with Crippen molar-refractivity contribution in [2.45, 2.75) is 20.4 Å². The topological polar surface area (TPSA) is 58.4 Å². The molecule has 0 saturated carbocycles. The van der Waals surface area contributed by atoms with Crippen LogP contribution in [-0.4, -0.2) is 29.5 Å². The molecule has 1 aromatic rings. The van der Waals surface area contributed by atoms with Gasteiger partial charge < -0.3 is 14.6 Å². The van der Waals surface area contributed by atoms with Crippen LogP contribution in [0.15, 0.2) is 10.6 Å². The van der Waals surface area contributed by atoms with E-state index in [1.54, 1.807) is 18.1 Å². The number of carbonyl (C=O) groups is 1. The van der Waals surface area contributed by atoms with E-state index in [1.165, 1.54) is 0 Å². The van der Waals surface area contributed by atoms with Crippen molar-refractivity contribution in [1.29, 1.82) is 0 Å². The van der Waals surface area contributed by atoms with E-state index in [2.05, 4.69) is 10.3 Å². The fraction of sp³-hybridized carbons (Fsp3) is 0.556. The van der Waals surface area contributed by atoms with Crippen molar-refractivity contribution in [1.82, 2.24) is 15.2 Å². The molecule has 0 fully saturated rings. The van der Waals surface area contributed by atoms with Crippen LogP contribution in [0.5, 0.6) is 0 Å². The van der Waals surface area contributed by atoms with Crippen molar-refractivity contribution in [3.05, 3.63) is 17.8 Å². The molecule has 14 heavy (non-hydrogen) atoms. The fourth-order valence-corrected chi connectivity index (χ4v) is 0.913. The van der Waals surface area contributed by atoms with Gasteiger partial charge in [0.15, 0.2) is 0 Å². The van der Waals surface area contributed by atoms with E-state index in [-0.39, 0.29) is 6.03 Å². The highest BCUT2D eigenvalue weighted by Gasteiger charge is 2.07. The predicted octanol–water partition coefficient (Wildman–Crippen LogP) is 1.14. The number of hydrogen-bond donors (Lipinski definition) is 1.